The molecule has 0 amide bonds. The fraction of sp³-hybridized carbons (Fsp3) is 0.286. The van der Waals surface area contributed by atoms with Crippen molar-refractivity contribution in [2.45, 2.75) is 13.0 Å². The lowest BCUT2D eigenvalue weighted by atomic mass is 10.1. The van der Waals surface area contributed by atoms with Gasteiger partial charge in [0.15, 0.2) is 0 Å². The van der Waals surface area contributed by atoms with Crippen molar-refractivity contribution in [1.82, 2.24) is 4.98 Å². The molecule has 0 fully saturated rings. The quantitative estimate of drug-likeness (QED) is 0.398. The lowest BCUT2D eigenvalue weighted by Crippen LogP contribution is -2.04. The first-order valence-corrected chi connectivity index (χ1v) is 4.78. The smallest absolute Gasteiger partial charge is 0.365 e. The number of nitro groups is 1. The highest BCUT2D eigenvalue weighted by Gasteiger charge is 2.23. The molecule has 0 saturated carbocycles. The van der Waals surface area contributed by atoms with Gasteiger partial charge in [-0.15, -0.1) is 0 Å². The highest BCUT2D eigenvalue weighted by Crippen LogP contribution is 2.28. The van der Waals surface area contributed by atoms with Gasteiger partial charge in [-0.1, -0.05) is 0 Å². The summed E-state index contributed by atoms with van der Waals surface area (Å²) in [7, 11) is 0. The Morgan fingerprint density at radius 2 is 2.27 bits per heavy atom. The van der Waals surface area contributed by atoms with Crippen molar-refractivity contribution in [3.05, 3.63) is 31.0 Å². The summed E-state index contributed by atoms with van der Waals surface area (Å²) >= 11 is 1.57. The van der Waals surface area contributed by atoms with Crippen LogP contribution in [-0.2, 0) is 6.61 Å². The number of alkyl halides is 2. The molecule has 0 bridgehead atoms. The SMILES string of the molecule is O=[N+]([O-])c1cc(C(F)F)c(CO)c(I)n1. The van der Waals surface area contributed by atoms with Gasteiger partial charge in [-0.05, 0) is 9.91 Å². The molecule has 8 heteroatoms. The molecule has 0 aliphatic rings. The van der Waals surface area contributed by atoms with Crippen LogP contribution in [0.4, 0.5) is 14.6 Å². The van der Waals surface area contributed by atoms with E-state index in [4.69, 9.17) is 5.11 Å². The van der Waals surface area contributed by atoms with Gasteiger partial charge in [-0.25, -0.2) is 8.78 Å². The first-order valence-electron chi connectivity index (χ1n) is 3.70. The minimum absolute atomic E-state index is 0.0135. The average Bonchev–Trinajstić information content (AvgIpc) is 2.16. The number of aromatic nitrogens is 1. The molecule has 0 atom stereocenters. The third-order valence-electron chi connectivity index (χ3n) is 1.68. The van der Waals surface area contributed by atoms with Crippen LogP contribution in [0.2, 0.25) is 0 Å². The second-order valence-electron chi connectivity index (χ2n) is 2.55. The molecule has 1 aromatic rings. The maximum absolute atomic E-state index is 12.5. The molecule has 0 saturated heterocycles. The Bertz CT molecular complexity index is 400. The first-order chi connectivity index (χ1) is 6.97. The van der Waals surface area contributed by atoms with Gasteiger partial charge in [-0.3, -0.25) is 0 Å². The van der Waals surface area contributed by atoms with Gasteiger partial charge in [0.05, 0.1) is 6.61 Å². The van der Waals surface area contributed by atoms with Gasteiger partial charge >= 0.3 is 5.82 Å². The van der Waals surface area contributed by atoms with E-state index in [1.54, 1.807) is 22.6 Å². The number of halogens is 3. The van der Waals surface area contributed by atoms with Crippen molar-refractivity contribution in [3.8, 4) is 0 Å². The molecule has 1 aromatic heterocycles. The minimum atomic E-state index is -2.87. The van der Waals surface area contributed by atoms with Gasteiger partial charge in [0.25, 0.3) is 6.43 Å². The molecule has 0 aromatic carbocycles. The van der Waals surface area contributed by atoms with Crippen LogP contribution in [0.3, 0.4) is 0 Å². The molecule has 15 heavy (non-hydrogen) atoms. The van der Waals surface area contributed by atoms with Crippen molar-refractivity contribution >= 4 is 28.4 Å². The fourth-order valence-electron chi connectivity index (χ4n) is 0.990. The van der Waals surface area contributed by atoms with E-state index in [9.17, 15) is 18.9 Å². The van der Waals surface area contributed by atoms with Gasteiger partial charge < -0.3 is 15.2 Å². The van der Waals surface area contributed by atoms with E-state index in [1.807, 2.05) is 0 Å². The van der Waals surface area contributed by atoms with Gasteiger partial charge in [0, 0.05) is 39.8 Å². The standard InChI is InChI=1S/C7H5F2IN2O3/c8-6(9)3-1-5(12(14)15)11-7(10)4(3)2-13/h1,6,13H,2H2. The van der Waals surface area contributed by atoms with Crippen LogP contribution in [0.5, 0.6) is 0 Å². The van der Waals surface area contributed by atoms with Crippen molar-refractivity contribution in [2.75, 3.05) is 0 Å². The summed E-state index contributed by atoms with van der Waals surface area (Å²) < 4.78 is 25.0. The van der Waals surface area contributed by atoms with Crippen LogP contribution in [-0.4, -0.2) is 15.0 Å². The summed E-state index contributed by atoms with van der Waals surface area (Å²) in [5.74, 6) is -0.646. The minimum Gasteiger partial charge on any atom is -0.391 e. The summed E-state index contributed by atoms with van der Waals surface area (Å²) in [6.07, 6.45) is -2.87. The van der Waals surface area contributed by atoms with E-state index < -0.39 is 29.3 Å². The Kier molecular flexibility index (Phi) is 3.85. The zero-order valence-electron chi connectivity index (χ0n) is 7.15. The molecule has 1 heterocycles. The van der Waals surface area contributed by atoms with E-state index >= 15 is 0 Å². The van der Waals surface area contributed by atoms with Gasteiger partial charge in [-0.2, -0.15) is 0 Å². The number of hydrogen-bond donors (Lipinski definition) is 1. The van der Waals surface area contributed by atoms with E-state index in [2.05, 4.69) is 4.98 Å². The average molecular weight is 330 g/mol. The first kappa shape index (κ1) is 12.2. The monoisotopic (exact) mass is 330 g/mol. The molecule has 1 N–H and O–H groups in total. The van der Waals surface area contributed by atoms with Crippen LogP contribution >= 0.6 is 22.6 Å². The number of hydrogen-bond acceptors (Lipinski definition) is 4. The Morgan fingerprint density at radius 1 is 1.67 bits per heavy atom. The highest BCUT2D eigenvalue weighted by atomic mass is 127. The lowest BCUT2D eigenvalue weighted by molar-refractivity contribution is -0.389. The van der Waals surface area contributed by atoms with Crippen LogP contribution in [0, 0.1) is 13.8 Å². The van der Waals surface area contributed by atoms with E-state index in [0.29, 0.717) is 6.07 Å². The normalized spacial score (nSPS) is 10.7. The molecular weight excluding hydrogens is 325 g/mol. The van der Waals surface area contributed by atoms with Crippen LogP contribution in [0.1, 0.15) is 17.6 Å². The lowest BCUT2D eigenvalue weighted by Gasteiger charge is -2.05. The van der Waals surface area contributed by atoms with E-state index in [-0.39, 0.29) is 9.26 Å². The van der Waals surface area contributed by atoms with Gasteiger partial charge in [0.1, 0.15) is 0 Å². The predicted molar refractivity (Wildman–Crippen MR) is 54.5 cm³/mol. The fourth-order valence-corrected chi connectivity index (χ4v) is 1.72. The Balaban J connectivity index is 3.38. The van der Waals surface area contributed by atoms with Crippen LogP contribution in [0.15, 0.2) is 6.07 Å². The predicted octanol–water partition coefficient (Wildman–Crippen LogP) is 2.02. The number of rotatable bonds is 3. The maximum atomic E-state index is 12.5. The number of nitrogens with zero attached hydrogens (tertiary/aromatic N) is 2. The second kappa shape index (κ2) is 4.75. The third kappa shape index (κ3) is 2.56. The van der Waals surface area contributed by atoms with Crippen molar-refractivity contribution < 1.29 is 18.8 Å². The molecule has 0 unspecified atom stereocenters. The number of pyridine rings is 1. The van der Waals surface area contributed by atoms with E-state index in [1.165, 1.54) is 0 Å². The molecule has 5 nitrogen and oxygen atoms in total. The molecular formula is C7H5F2IN2O3. The zero-order chi connectivity index (χ0) is 11.6. The van der Waals surface area contributed by atoms with Crippen LogP contribution < -0.4 is 0 Å². The van der Waals surface area contributed by atoms with Crippen molar-refractivity contribution in [2.24, 2.45) is 0 Å². The number of aliphatic hydroxyl groups is 1. The number of aliphatic hydroxyl groups excluding tert-OH is 1. The highest BCUT2D eigenvalue weighted by molar-refractivity contribution is 14.1. The topological polar surface area (TPSA) is 76.3 Å². The molecule has 82 valence electrons. The molecule has 1 rings (SSSR count). The Morgan fingerprint density at radius 3 is 2.67 bits per heavy atom. The Hall–Kier alpha value is -0.900. The maximum Gasteiger partial charge on any atom is 0.365 e. The van der Waals surface area contributed by atoms with Crippen molar-refractivity contribution in [1.29, 1.82) is 0 Å². The summed E-state index contributed by atoms with van der Waals surface area (Å²) in [6.45, 7) is -0.622. The zero-order valence-corrected chi connectivity index (χ0v) is 9.31. The molecule has 0 aliphatic carbocycles. The molecule has 0 aliphatic heterocycles. The summed E-state index contributed by atoms with van der Waals surface area (Å²) in [6, 6.07) is 0.679. The Labute approximate surface area is 96.4 Å². The molecule has 0 spiro atoms. The van der Waals surface area contributed by atoms with Gasteiger partial charge in [0.2, 0.25) is 3.70 Å². The van der Waals surface area contributed by atoms with Crippen molar-refractivity contribution in [3.63, 3.8) is 0 Å². The summed E-state index contributed by atoms with van der Waals surface area (Å²) in [5, 5.41) is 19.2. The summed E-state index contributed by atoms with van der Waals surface area (Å²) in [4.78, 5) is 13.0. The second-order valence-corrected chi connectivity index (χ2v) is 3.58. The van der Waals surface area contributed by atoms with Crippen LogP contribution in [0.25, 0.3) is 0 Å². The third-order valence-corrected chi connectivity index (χ3v) is 2.57. The summed E-state index contributed by atoms with van der Waals surface area (Å²) in [5.41, 5.74) is -0.625. The molecule has 0 radical (unpaired) electrons. The van der Waals surface area contributed by atoms with E-state index in [0.717, 1.165) is 0 Å². The largest absolute Gasteiger partial charge is 0.391 e.